The van der Waals surface area contributed by atoms with Crippen LogP contribution in [0.1, 0.15) is 24.1 Å². The molecule has 3 amide bonds. The molecule has 9 heteroatoms. The molecule has 3 rings (SSSR count). The third-order valence-corrected chi connectivity index (χ3v) is 4.70. The molecule has 1 aliphatic rings. The Kier molecular flexibility index (Phi) is 5.27. The van der Waals surface area contributed by atoms with Gasteiger partial charge in [0, 0.05) is 17.5 Å². The minimum atomic E-state index is -0.547. The van der Waals surface area contributed by atoms with Crippen molar-refractivity contribution < 1.29 is 18.8 Å². The molecule has 1 aliphatic heterocycles. The second kappa shape index (κ2) is 7.61. The van der Waals surface area contributed by atoms with Crippen LogP contribution in [0.5, 0.6) is 0 Å². The van der Waals surface area contributed by atoms with E-state index in [2.05, 4.69) is 20.9 Å². The van der Waals surface area contributed by atoms with Gasteiger partial charge in [-0.1, -0.05) is 6.07 Å². The first-order chi connectivity index (χ1) is 12.4. The van der Waals surface area contributed by atoms with E-state index in [0.29, 0.717) is 34.9 Å². The number of carbonyl (C=O) groups excluding carboxylic acids is 3. The van der Waals surface area contributed by atoms with Gasteiger partial charge in [-0.15, -0.1) is 11.3 Å². The van der Waals surface area contributed by atoms with Gasteiger partial charge in [0.05, 0.1) is 12.1 Å². The molecule has 2 heterocycles. The summed E-state index contributed by atoms with van der Waals surface area (Å²) in [4.78, 5) is 39.4. The van der Waals surface area contributed by atoms with Crippen LogP contribution in [0.4, 0.5) is 15.2 Å². The Hall–Kier alpha value is -2.81. The van der Waals surface area contributed by atoms with Gasteiger partial charge in [0.25, 0.3) is 0 Å². The van der Waals surface area contributed by atoms with Gasteiger partial charge in [-0.3, -0.25) is 14.4 Å². The standard InChI is InChI=1S/C17H17FN4O3S/c1-9-2-3-10(6-12(9)18)19-15(24)7-11-8-26-17(20-11)22-16(25)13-4-5-14(23)21-13/h2-3,6,8,13H,4-5,7H2,1H3,(H,19,24)(H,21,23)(H,20,22,25). The van der Waals surface area contributed by atoms with E-state index >= 15 is 0 Å². The quantitative estimate of drug-likeness (QED) is 0.743. The number of hydrogen-bond donors (Lipinski definition) is 3. The molecule has 0 spiro atoms. The lowest BCUT2D eigenvalue weighted by Gasteiger charge is -2.08. The molecule has 0 bridgehead atoms. The zero-order chi connectivity index (χ0) is 18.7. The van der Waals surface area contributed by atoms with Gasteiger partial charge in [0.15, 0.2) is 5.13 Å². The number of carbonyl (C=O) groups is 3. The van der Waals surface area contributed by atoms with E-state index in [9.17, 15) is 18.8 Å². The second-order valence-corrected chi connectivity index (χ2v) is 6.84. The second-order valence-electron chi connectivity index (χ2n) is 5.98. The highest BCUT2D eigenvalue weighted by Crippen LogP contribution is 2.18. The fraction of sp³-hybridized carbons (Fsp3) is 0.294. The van der Waals surface area contributed by atoms with E-state index in [-0.39, 0.29) is 30.0 Å². The smallest absolute Gasteiger partial charge is 0.248 e. The van der Waals surface area contributed by atoms with E-state index in [1.54, 1.807) is 24.4 Å². The first kappa shape index (κ1) is 18.0. The number of rotatable bonds is 5. The number of aromatic nitrogens is 1. The first-order valence-corrected chi connectivity index (χ1v) is 8.89. The number of hydrogen-bond acceptors (Lipinski definition) is 5. The van der Waals surface area contributed by atoms with E-state index in [0.717, 1.165) is 0 Å². The van der Waals surface area contributed by atoms with Gasteiger partial charge in [0.1, 0.15) is 11.9 Å². The summed E-state index contributed by atoms with van der Waals surface area (Å²) in [6, 6.07) is 3.92. The predicted molar refractivity (Wildman–Crippen MR) is 95.4 cm³/mol. The molecule has 1 saturated heterocycles. The van der Waals surface area contributed by atoms with Crippen LogP contribution in [0.3, 0.4) is 0 Å². The summed E-state index contributed by atoms with van der Waals surface area (Å²) in [5, 5.41) is 9.85. The summed E-state index contributed by atoms with van der Waals surface area (Å²) in [5.41, 5.74) is 1.37. The van der Waals surface area contributed by atoms with Gasteiger partial charge < -0.3 is 16.0 Å². The summed E-state index contributed by atoms with van der Waals surface area (Å²) in [6.07, 6.45) is 0.793. The Balaban J connectivity index is 1.54. The lowest BCUT2D eigenvalue weighted by atomic mass is 10.2. The van der Waals surface area contributed by atoms with E-state index < -0.39 is 6.04 Å². The van der Waals surface area contributed by atoms with Crippen molar-refractivity contribution >= 4 is 39.9 Å². The van der Waals surface area contributed by atoms with Crippen molar-refractivity contribution in [3.63, 3.8) is 0 Å². The van der Waals surface area contributed by atoms with Crippen molar-refractivity contribution in [3.8, 4) is 0 Å². The molecule has 0 aliphatic carbocycles. The van der Waals surface area contributed by atoms with E-state index in [1.807, 2.05) is 0 Å². The highest BCUT2D eigenvalue weighted by atomic mass is 32.1. The Morgan fingerprint density at radius 3 is 2.88 bits per heavy atom. The van der Waals surface area contributed by atoms with Crippen LogP contribution in [-0.4, -0.2) is 28.7 Å². The summed E-state index contributed by atoms with van der Waals surface area (Å²) in [6.45, 7) is 1.64. The van der Waals surface area contributed by atoms with Gasteiger partial charge >= 0.3 is 0 Å². The summed E-state index contributed by atoms with van der Waals surface area (Å²) < 4.78 is 13.5. The Morgan fingerprint density at radius 2 is 2.19 bits per heavy atom. The highest BCUT2D eigenvalue weighted by Gasteiger charge is 2.27. The largest absolute Gasteiger partial charge is 0.344 e. The van der Waals surface area contributed by atoms with E-state index in [4.69, 9.17) is 0 Å². The molecule has 1 unspecified atom stereocenters. The van der Waals surface area contributed by atoms with Gasteiger partial charge in [-0.05, 0) is 31.0 Å². The van der Waals surface area contributed by atoms with Crippen LogP contribution < -0.4 is 16.0 Å². The van der Waals surface area contributed by atoms with Crippen molar-refractivity contribution in [1.82, 2.24) is 10.3 Å². The average molecular weight is 376 g/mol. The van der Waals surface area contributed by atoms with Gasteiger partial charge in [0.2, 0.25) is 17.7 Å². The topological polar surface area (TPSA) is 100 Å². The third-order valence-electron chi connectivity index (χ3n) is 3.89. The molecule has 1 fully saturated rings. The van der Waals surface area contributed by atoms with Crippen molar-refractivity contribution in [3.05, 3.63) is 40.7 Å². The minimum absolute atomic E-state index is 0.00201. The van der Waals surface area contributed by atoms with Crippen LogP contribution >= 0.6 is 11.3 Å². The zero-order valence-corrected chi connectivity index (χ0v) is 14.8. The molecule has 136 valence electrons. The number of benzene rings is 1. The molecule has 1 aromatic carbocycles. The number of amides is 3. The number of thiazole rings is 1. The maximum atomic E-state index is 13.5. The molecule has 1 atom stereocenters. The molecule has 0 saturated carbocycles. The van der Waals surface area contributed by atoms with Crippen LogP contribution in [0, 0.1) is 12.7 Å². The van der Waals surface area contributed by atoms with E-state index in [1.165, 1.54) is 17.4 Å². The number of halogens is 1. The first-order valence-electron chi connectivity index (χ1n) is 8.01. The fourth-order valence-corrected chi connectivity index (χ4v) is 3.20. The number of aryl methyl sites for hydroxylation is 1. The van der Waals surface area contributed by atoms with Crippen LogP contribution in [0.25, 0.3) is 0 Å². The average Bonchev–Trinajstić information content (AvgIpc) is 3.20. The van der Waals surface area contributed by atoms with Crippen LogP contribution in [0.15, 0.2) is 23.6 Å². The SMILES string of the molecule is Cc1ccc(NC(=O)Cc2csc(NC(=O)C3CCC(=O)N3)n2)cc1F. The molecular formula is C17H17FN4O3S. The molecule has 7 nitrogen and oxygen atoms in total. The Bertz CT molecular complexity index is 867. The fourth-order valence-electron chi connectivity index (χ4n) is 2.49. The zero-order valence-electron chi connectivity index (χ0n) is 14.0. The monoisotopic (exact) mass is 376 g/mol. The maximum Gasteiger partial charge on any atom is 0.248 e. The number of nitrogens with one attached hydrogen (secondary N) is 3. The number of nitrogens with zero attached hydrogens (tertiary/aromatic N) is 1. The van der Waals surface area contributed by atoms with Crippen molar-refractivity contribution in [2.75, 3.05) is 10.6 Å². The van der Waals surface area contributed by atoms with Crippen molar-refractivity contribution in [2.45, 2.75) is 32.2 Å². The van der Waals surface area contributed by atoms with Crippen molar-refractivity contribution in [1.29, 1.82) is 0 Å². The molecule has 3 N–H and O–H groups in total. The summed E-state index contributed by atoms with van der Waals surface area (Å²) in [5.74, 6) is -1.19. The van der Waals surface area contributed by atoms with Gasteiger partial charge in [-0.25, -0.2) is 9.37 Å². The maximum absolute atomic E-state index is 13.5. The summed E-state index contributed by atoms with van der Waals surface area (Å²) >= 11 is 1.19. The van der Waals surface area contributed by atoms with Crippen molar-refractivity contribution in [2.24, 2.45) is 0 Å². The number of anilines is 2. The Labute approximate surface area is 153 Å². The molecule has 0 radical (unpaired) electrons. The Morgan fingerprint density at radius 1 is 1.38 bits per heavy atom. The minimum Gasteiger partial charge on any atom is -0.344 e. The summed E-state index contributed by atoms with van der Waals surface area (Å²) in [7, 11) is 0. The molecular weight excluding hydrogens is 359 g/mol. The normalized spacial score (nSPS) is 16.2. The molecule has 26 heavy (non-hydrogen) atoms. The molecule has 2 aromatic rings. The highest BCUT2D eigenvalue weighted by molar-refractivity contribution is 7.13. The van der Waals surface area contributed by atoms with Gasteiger partial charge in [-0.2, -0.15) is 0 Å². The third kappa shape index (κ3) is 4.42. The lowest BCUT2D eigenvalue weighted by molar-refractivity contribution is -0.122. The molecule has 1 aromatic heterocycles. The van der Waals surface area contributed by atoms with Crippen LogP contribution in [0.2, 0.25) is 0 Å². The lowest BCUT2D eigenvalue weighted by Crippen LogP contribution is -2.37. The predicted octanol–water partition coefficient (Wildman–Crippen LogP) is 1.99. The van der Waals surface area contributed by atoms with Crippen LogP contribution in [-0.2, 0) is 20.8 Å².